The Morgan fingerprint density at radius 3 is 2.56 bits per heavy atom. The van der Waals surface area contributed by atoms with E-state index < -0.39 is 0 Å². The van der Waals surface area contributed by atoms with Crippen LogP contribution in [0.5, 0.6) is 0 Å². The van der Waals surface area contributed by atoms with E-state index in [1.165, 1.54) is 38.5 Å². The van der Waals surface area contributed by atoms with Gasteiger partial charge in [-0.1, -0.05) is 32.6 Å². The molecule has 0 aliphatic heterocycles. The van der Waals surface area contributed by atoms with Gasteiger partial charge in [0.1, 0.15) is 5.78 Å². The van der Waals surface area contributed by atoms with Crippen molar-refractivity contribution in [1.82, 2.24) is 4.90 Å². The molecule has 104 valence electrons. The summed E-state index contributed by atoms with van der Waals surface area (Å²) >= 11 is 0. The topological polar surface area (TPSA) is 20.3 Å². The highest BCUT2D eigenvalue weighted by Crippen LogP contribution is 2.30. The molecule has 2 nitrogen and oxygen atoms in total. The van der Waals surface area contributed by atoms with E-state index in [-0.39, 0.29) is 0 Å². The maximum Gasteiger partial charge on any atom is 0.137 e. The minimum atomic E-state index is 0.329. The number of rotatable bonds is 4. The van der Waals surface area contributed by atoms with Gasteiger partial charge in [-0.15, -0.1) is 0 Å². The number of hydrogen-bond donors (Lipinski definition) is 0. The molecule has 2 rings (SSSR count). The Hall–Kier alpha value is -0.370. The third-order valence-electron chi connectivity index (χ3n) is 5.16. The van der Waals surface area contributed by atoms with Gasteiger partial charge in [0.25, 0.3) is 0 Å². The van der Waals surface area contributed by atoms with Crippen LogP contribution in [0.15, 0.2) is 0 Å². The molecule has 0 aromatic carbocycles. The summed E-state index contributed by atoms with van der Waals surface area (Å²) in [5, 5.41) is 0. The van der Waals surface area contributed by atoms with E-state index in [9.17, 15) is 4.79 Å². The van der Waals surface area contributed by atoms with Crippen LogP contribution >= 0.6 is 0 Å². The van der Waals surface area contributed by atoms with Crippen LogP contribution in [0.3, 0.4) is 0 Å². The standard InChI is InChI=1S/C16H29NO/c1-3-13-9-10-16(18)14(11-13)12-17(2)15-7-5-4-6-8-15/h13-15H,3-12H2,1-2H3. The maximum absolute atomic E-state index is 12.0. The smallest absolute Gasteiger partial charge is 0.137 e. The van der Waals surface area contributed by atoms with E-state index >= 15 is 0 Å². The first-order valence-electron chi connectivity index (χ1n) is 7.93. The first-order chi connectivity index (χ1) is 8.70. The van der Waals surface area contributed by atoms with Crippen LogP contribution in [0, 0.1) is 11.8 Å². The lowest BCUT2D eigenvalue weighted by Crippen LogP contribution is -2.40. The molecule has 2 unspecified atom stereocenters. The van der Waals surface area contributed by atoms with Crippen LogP contribution in [0.4, 0.5) is 0 Å². The summed E-state index contributed by atoms with van der Waals surface area (Å²) < 4.78 is 0. The summed E-state index contributed by atoms with van der Waals surface area (Å²) in [4.78, 5) is 14.5. The molecule has 2 saturated carbocycles. The molecule has 0 bridgehead atoms. The Bertz CT molecular complexity index is 270. The molecule has 18 heavy (non-hydrogen) atoms. The van der Waals surface area contributed by atoms with Gasteiger partial charge in [-0.3, -0.25) is 4.79 Å². The summed E-state index contributed by atoms with van der Waals surface area (Å²) in [6.07, 6.45) is 11.2. The third kappa shape index (κ3) is 3.57. The fourth-order valence-electron chi connectivity index (χ4n) is 3.77. The Morgan fingerprint density at radius 1 is 1.17 bits per heavy atom. The predicted octanol–water partition coefficient (Wildman–Crippen LogP) is 3.65. The predicted molar refractivity (Wildman–Crippen MR) is 75.6 cm³/mol. The van der Waals surface area contributed by atoms with E-state index in [0.29, 0.717) is 11.7 Å². The summed E-state index contributed by atoms with van der Waals surface area (Å²) in [6, 6.07) is 0.744. The van der Waals surface area contributed by atoms with Crippen LogP contribution in [0.25, 0.3) is 0 Å². The lowest BCUT2D eigenvalue weighted by Gasteiger charge is -2.36. The van der Waals surface area contributed by atoms with Crippen molar-refractivity contribution in [2.24, 2.45) is 11.8 Å². The van der Waals surface area contributed by atoms with Gasteiger partial charge in [0.05, 0.1) is 0 Å². The van der Waals surface area contributed by atoms with Gasteiger partial charge in [-0.2, -0.15) is 0 Å². The molecule has 0 radical (unpaired) electrons. The Morgan fingerprint density at radius 2 is 1.89 bits per heavy atom. The average molecular weight is 251 g/mol. The van der Waals surface area contributed by atoms with Gasteiger partial charge in [0, 0.05) is 24.9 Å². The number of hydrogen-bond acceptors (Lipinski definition) is 2. The summed E-state index contributed by atoms with van der Waals surface area (Å²) in [7, 11) is 2.23. The lowest BCUT2D eigenvalue weighted by atomic mass is 9.79. The summed E-state index contributed by atoms with van der Waals surface area (Å²) in [5.74, 6) is 1.66. The van der Waals surface area contributed by atoms with Gasteiger partial charge in [-0.05, 0) is 38.6 Å². The molecule has 0 saturated heterocycles. The molecule has 2 atom stereocenters. The zero-order valence-corrected chi connectivity index (χ0v) is 12.2. The van der Waals surface area contributed by atoms with Crippen LogP contribution in [-0.4, -0.2) is 30.3 Å². The number of nitrogens with zero attached hydrogens (tertiary/aromatic N) is 1. The molecule has 2 aliphatic rings. The fraction of sp³-hybridized carbons (Fsp3) is 0.938. The Kier molecular flexibility index (Phi) is 5.23. The van der Waals surface area contributed by atoms with Crippen molar-refractivity contribution in [3.63, 3.8) is 0 Å². The van der Waals surface area contributed by atoms with E-state index in [2.05, 4.69) is 18.9 Å². The van der Waals surface area contributed by atoms with Gasteiger partial charge in [-0.25, -0.2) is 0 Å². The molecule has 0 spiro atoms. The van der Waals surface area contributed by atoms with Gasteiger partial charge in [0.15, 0.2) is 0 Å². The average Bonchev–Trinajstić information content (AvgIpc) is 2.42. The number of Topliss-reactive ketones (excluding diaryl/α,β-unsaturated/α-hetero) is 1. The van der Waals surface area contributed by atoms with Gasteiger partial charge < -0.3 is 4.90 Å². The lowest BCUT2D eigenvalue weighted by molar-refractivity contribution is -0.126. The van der Waals surface area contributed by atoms with E-state index in [1.54, 1.807) is 0 Å². The van der Waals surface area contributed by atoms with Crippen LogP contribution in [-0.2, 0) is 4.79 Å². The van der Waals surface area contributed by atoms with Crippen molar-refractivity contribution >= 4 is 5.78 Å². The highest BCUT2D eigenvalue weighted by molar-refractivity contribution is 5.81. The van der Waals surface area contributed by atoms with E-state index in [4.69, 9.17) is 0 Å². The van der Waals surface area contributed by atoms with Crippen LogP contribution in [0.1, 0.15) is 64.7 Å². The first kappa shape index (κ1) is 14.0. The molecular weight excluding hydrogens is 222 g/mol. The molecule has 2 aliphatic carbocycles. The second kappa shape index (κ2) is 6.70. The zero-order valence-electron chi connectivity index (χ0n) is 12.2. The second-order valence-electron chi connectivity index (χ2n) is 6.44. The first-order valence-corrected chi connectivity index (χ1v) is 7.93. The molecule has 0 amide bonds. The summed E-state index contributed by atoms with van der Waals surface area (Å²) in [6.45, 7) is 3.28. The summed E-state index contributed by atoms with van der Waals surface area (Å²) in [5.41, 5.74) is 0. The minimum Gasteiger partial charge on any atom is -0.303 e. The molecular formula is C16H29NO. The van der Waals surface area contributed by atoms with E-state index in [0.717, 1.165) is 37.8 Å². The maximum atomic E-state index is 12.0. The molecule has 0 heterocycles. The van der Waals surface area contributed by atoms with Crippen LogP contribution in [0.2, 0.25) is 0 Å². The second-order valence-corrected chi connectivity index (χ2v) is 6.44. The van der Waals surface area contributed by atoms with Crippen molar-refractivity contribution in [3.8, 4) is 0 Å². The highest BCUT2D eigenvalue weighted by Gasteiger charge is 2.30. The van der Waals surface area contributed by atoms with Crippen molar-refractivity contribution in [2.75, 3.05) is 13.6 Å². The fourth-order valence-corrected chi connectivity index (χ4v) is 3.77. The molecule has 0 aromatic rings. The normalized spacial score (nSPS) is 30.9. The highest BCUT2D eigenvalue weighted by atomic mass is 16.1. The van der Waals surface area contributed by atoms with Gasteiger partial charge >= 0.3 is 0 Å². The largest absolute Gasteiger partial charge is 0.303 e. The quantitative estimate of drug-likeness (QED) is 0.760. The number of ketones is 1. The SMILES string of the molecule is CCC1CCC(=O)C(CN(C)C2CCCCC2)C1. The third-order valence-corrected chi connectivity index (χ3v) is 5.16. The zero-order chi connectivity index (χ0) is 13.0. The molecule has 0 aromatic heterocycles. The van der Waals surface area contributed by atoms with Gasteiger partial charge in [0.2, 0.25) is 0 Å². The molecule has 2 fully saturated rings. The molecule has 2 heteroatoms. The minimum absolute atomic E-state index is 0.329. The van der Waals surface area contributed by atoms with E-state index in [1.807, 2.05) is 0 Å². The Balaban J connectivity index is 1.84. The van der Waals surface area contributed by atoms with Crippen molar-refractivity contribution < 1.29 is 4.79 Å². The van der Waals surface area contributed by atoms with Crippen molar-refractivity contribution in [1.29, 1.82) is 0 Å². The Labute approximate surface area is 112 Å². The van der Waals surface area contributed by atoms with Crippen molar-refractivity contribution in [2.45, 2.75) is 70.8 Å². The van der Waals surface area contributed by atoms with Crippen LogP contribution < -0.4 is 0 Å². The number of carbonyl (C=O) groups excluding carboxylic acids is 1. The molecule has 0 N–H and O–H groups in total. The number of carbonyl (C=O) groups is 1. The van der Waals surface area contributed by atoms with Crippen molar-refractivity contribution in [3.05, 3.63) is 0 Å². The monoisotopic (exact) mass is 251 g/mol.